The van der Waals surface area contributed by atoms with Crippen LogP contribution in [0.15, 0.2) is 4.99 Å². The zero-order chi connectivity index (χ0) is 17.8. The van der Waals surface area contributed by atoms with Crippen LogP contribution < -0.4 is 10.6 Å². The van der Waals surface area contributed by atoms with Gasteiger partial charge in [0, 0.05) is 19.6 Å². The molecule has 1 aliphatic rings. The Morgan fingerprint density at radius 2 is 1.84 bits per heavy atom. The van der Waals surface area contributed by atoms with Gasteiger partial charge in [-0.25, -0.2) is 0 Å². The molecule has 1 aliphatic heterocycles. The van der Waals surface area contributed by atoms with E-state index in [1.54, 1.807) is 0 Å². The Morgan fingerprint density at radius 3 is 2.40 bits per heavy atom. The Hall–Kier alpha value is -0.0800. The van der Waals surface area contributed by atoms with Gasteiger partial charge in [0.05, 0.1) is 12.1 Å². The lowest BCUT2D eigenvalue weighted by atomic mass is 9.93. The molecular formula is C19H41IN4O. The van der Waals surface area contributed by atoms with Gasteiger partial charge in [0.15, 0.2) is 5.96 Å². The van der Waals surface area contributed by atoms with Crippen molar-refractivity contribution in [1.29, 1.82) is 0 Å². The van der Waals surface area contributed by atoms with Crippen LogP contribution in [-0.2, 0) is 0 Å². The van der Waals surface area contributed by atoms with E-state index in [1.165, 1.54) is 25.9 Å². The Bertz CT molecular complexity index is 359. The van der Waals surface area contributed by atoms with E-state index in [1.807, 2.05) is 0 Å². The van der Waals surface area contributed by atoms with E-state index in [4.69, 9.17) is 0 Å². The highest BCUT2D eigenvalue weighted by Gasteiger charge is 2.25. The summed E-state index contributed by atoms with van der Waals surface area (Å²) in [6, 6.07) is 0. The first-order chi connectivity index (χ1) is 11.6. The lowest BCUT2D eigenvalue weighted by Crippen LogP contribution is -2.45. The Kier molecular flexibility index (Phi) is 14.0. The number of piperidine rings is 1. The maximum Gasteiger partial charge on any atom is 0.191 e. The predicted molar refractivity (Wildman–Crippen MR) is 119 cm³/mol. The predicted octanol–water partition coefficient (Wildman–Crippen LogP) is 3.22. The van der Waals surface area contributed by atoms with Crippen molar-refractivity contribution in [3.8, 4) is 0 Å². The second-order valence-electron chi connectivity index (χ2n) is 7.20. The number of guanidine groups is 1. The van der Waals surface area contributed by atoms with Gasteiger partial charge in [0.2, 0.25) is 0 Å². The summed E-state index contributed by atoms with van der Waals surface area (Å²) in [7, 11) is 0. The van der Waals surface area contributed by atoms with E-state index in [0.29, 0.717) is 12.5 Å². The molecule has 0 spiro atoms. The van der Waals surface area contributed by atoms with Crippen LogP contribution in [0.25, 0.3) is 0 Å². The number of likely N-dealkylation sites (tertiary alicyclic amines) is 1. The van der Waals surface area contributed by atoms with Crippen molar-refractivity contribution in [3.05, 3.63) is 0 Å². The van der Waals surface area contributed by atoms with Crippen molar-refractivity contribution < 1.29 is 5.11 Å². The third-order valence-electron chi connectivity index (χ3n) is 4.91. The van der Waals surface area contributed by atoms with Gasteiger partial charge in [-0.15, -0.1) is 24.0 Å². The van der Waals surface area contributed by atoms with Gasteiger partial charge in [0.1, 0.15) is 0 Å². The van der Waals surface area contributed by atoms with Crippen LogP contribution in [0.1, 0.15) is 66.2 Å². The fourth-order valence-corrected chi connectivity index (χ4v) is 3.63. The molecule has 1 atom stereocenters. The molecule has 1 saturated heterocycles. The first kappa shape index (κ1) is 24.9. The number of aliphatic hydroxyl groups is 1. The number of hydrogen-bond donors (Lipinski definition) is 3. The highest BCUT2D eigenvalue weighted by atomic mass is 127. The molecule has 0 radical (unpaired) electrons. The standard InChI is InChI=1S/C19H40N4O.HI/c1-5-11-19(24,12-6-2)16-22-18(20-7-3)21-14-17-10-9-13-23(8-4)15-17;/h17,24H,5-16H2,1-4H3,(H2,20,21,22);1H. The topological polar surface area (TPSA) is 59.9 Å². The highest BCUT2D eigenvalue weighted by Crippen LogP contribution is 2.20. The highest BCUT2D eigenvalue weighted by molar-refractivity contribution is 14.0. The van der Waals surface area contributed by atoms with Crippen LogP contribution in [0, 0.1) is 5.92 Å². The first-order valence-corrected chi connectivity index (χ1v) is 10.0. The lowest BCUT2D eigenvalue weighted by Gasteiger charge is -2.32. The van der Waals surface area contributed by atoms with Crippen LogP contribution in [0.3, 0.4) is 0 Å². The Morgan fingerprint density at radius 1 is 1.16 bits per heavy atom. The molecule has 0 bridgehead atoms. The maximum atomic E-state index is 10.7. The van der Waals surface area contributed by atoms with Crippen LogP contribution in [0.4, 0.5) is 0 Å². The first-order valence-electron chi connectivity index (χ1n) is 10.0. The number of hydrogen-bond acceptors (Lipinski definition) is 3. The molecule has 5 nitrogen and oxygen atoms in total. The maximum absolute atomic E-state index is 10.7. The summed E-state index contributed by atoms with van der Waals surface area (Å²) in [5.74, 6) is 1.53. The van der Waals surface area contributed by atoms with Gasteiger partial charge in [0.25, 0.3) is 0 Å². The summed E-state index contributed by atoms with van der Waals surface area (Å²) in [5.41, 5.74) is -0.657. The van der Waals surface area contributed by atoms with Gasteiger partial charge in [-0.2, -0.15) is 0 Å². The molecule has 0 aromatic rings. The van der Waals surface area contributed by atoms with E-state index in [-0.39, 0.29) is 24.0 Å². The average Bonchev–Trinajstić information content (AvgIpc) is 2.58. The minimum Gasteiger partial charge on any atom is -0.388 e. The van der Waals surface area contributed by atoms with E-state index in [9.17, 15) is 5.11 Å². The van der Waals surface area contributed by atoms with E-state index in [0.717, 1.165) is 51.3 Å². The normalized spacial score (nSPS) is 19.4. The third-order valence-corrected chi connectivity index (χ3v) is 4.91. The van der Waals surface area contributed by atoms with Crippen LogP contribution in [0.5, 0.6) is 0 Å². The molecule has 0 aromatic heterocycles. The zero-order valence-corrected chi connectivity index (χ0v) is 19.1. The summed E-state index contributed by atoms with van der Waals surface area (Å²) in [4.78, 5) is 7.21. The minimum atomic E-state index is -0.657. The molecule has 0 amide bonds. The molecule has 0 saturated carbocycles. The van der Waals surface area contributed by atoms with Gasteiger partial charge >= 0.3 is 0 Å². The smallest absolute Gasteiger partial charge is 0.191 e. The number of aliphatic imine (C=N–C) groups is 1. The number of nitrogens with zero attached hydrogens (tertiary/aromatic N) is 2. The third kappa shape index (κ3) is 9.99. The van der Waals surface area contributed by atoms with Gasteiger partial charge in [-0.05, 0) is 51.6 Å². The molecule has 25 heavy (non-hydrogen) atoms. The van der Waals surface area contributed by atoms with Crippen molar-refractivity contribution >= 4 is 29.9 Å². The summed E-state index contributed by atoms with van der Waals surface area (Å²) in [5, 5.41) is 17.6. The van der Waals surface area contributed by atoms with Crippen molar-refractivity contribution in [2.45, 2.75) is 71.8 Å². The molecule has 0 aromatic carbocycles. The summed E-state index contributed by atoms with van der Waals surface area (Å²) >= 11 is 0. The fraction of sp³-hybridized carbons (Fsp3) is 0.947. The second kappa shape index (κ2) is 14.0. The largest absolute Gasteiger partial charge is 0.388 e. The molecule has 1 fully saturated rings. The zero-order valence-electron chi connectivity index (χ0n) is 16.8. The molecule has 1 heterocycles. The molecule has 6 heteroatoms. The van der Waals surface area contributed by atoms with E-state index < -0.39 is 5.60 Å². The Labute approximate surface area is 172 Å². The summed E-state index contributed by atoms with van der Waals surface area (Å²) in [6.45, 7) is 14.4. The van der Waals surface area contributed by atoms with Gasteiger partial charge in [-0.3, -0.25) is 4.99 Å². The quantitative estimate of drug-likeness (QED) is 0.262. The monoisotopic (exact) mass is 468 g/mol. The van der Waals surface area contributed by atoms with Crippen molar-refractivity contribution in [1.82, 2.24) is 15.5 Å². The average molecular weight is 468 g/mol. The van der Waals surface area contributed by atoms with Crippen molar-refractivity contribution in [3.63, 3.8) is 0 Å². The van der Waals surface area contributed by atoms with Crippen molar-refractivity contribution in [2.24, 2.45) is 10.9 Å². The summed E-state index contributed by atoms with van der Waals surface area (Å²) in [6.07, 6.45) is 6.20. The lowest BCUT2D eigenvalue weighted by molar-refractivity contribution is 0.0306. The van der Waals surface area contributed by atoms with Crippen LogP contribution >= 0.6 is 24.0 Å². The molecule has 150 valence electrons. The van der Waals surface area contributed by atoms with E-state index in [2.05, 4.69) is 48.2 Å². The van der Waals surface area contributed by atoms with E-state index >= 15 is 0 Å². The van der Waals surface area contributed by atoms with Gasteiger partial charge < -0.3 is 20.6 Å². The summed E-state index contributed by atoms with van der Waals surface area (Å²) < 4.78 is 0. The molecule has 1 rings (SSSR count). The molecular weight excluding hydrogens is 427 g/mol. The number of halogens is 1. The van der Waals surface area contributed by atoms with Crippen molar-refractivity contribution in [2.75, 3.05) is 39.3 Å². The Balaban J connectivity index is 0.00000576. The van der Waals surface area contributed by atoms with Gasteiger partial charge in [-0.1, -0.05) is 33.6 Å². The molecule has 0 aliphatic carbocycles. The molecule has 1 unspecified atom stereocenters. The molecule has 3 N–H and O–H groups in total. The fourth-order valence-electron chi connectivity index (χ4n) is 3.63. The number of nitrogens with one attached hydrogen (secondary N) is 2. The van der Waals surface area contributed by atoms with Crippen LogP contribution in [-0.4, -0.2) is 60.8 Å². The number of rotatable bonds is 10. The van der Waals surface area contributed by atoms with Crippen LogP contribution in [0.2, 0.25) is 0 Å². The second-order valence-corrected chi connectivity index (χ2v) is 7.20. The minimum absolute atomic E-state index is 0. The SMILES string of the molecule is CCCC(O)(CCC)CN=C(NCC)NCC1CCCN(CC)C1.I.